The van der Waals surface area contributed by atoms with Gasteiger partial charge in [0.25, 0.3) is 11.6 Å². The van der Waals surface area contributed by atoms with Gasteiger partial charge in [-0.3, -0.25) is 14.9 Å². The second-order valence-electron chi connectivity index (χ2n) is 3.98. The fraction of sp³-hybridized carbons (Fsp3) is 0. The zero-order valence-corrected chi connectivity index (χ0v) is 11.8. The molecule has 0 aliphatic heterocycles. The number of amides is 1. The summed E-state index contributed by atoms with van der Waals surface area (Å²) in [6.07, 6.45) is 0. The van der Waals surface area contributed by atoms with E-state index < -0.39 is 16.6 Å². The average Bonchev–Trinajstić information content (AvgIpc) is 2.43. The van der Waals surface area contributed by atoms with Gasteiger partial charge in [0.2, 0.25) is 0 Å². The normalized spacial score (nSPS) is 10.2. The molecule has 0 heterocycles. The monoisotopic (exact) mass is 328 g/mol. The number of hydrogen-bond donors (Lipinski definition) is 1. The molecule has 108 valence electrons. The van der Waals surface area contributed by atoms with Crippen LogP contribution < -0.4 is 5.32 Å². The molecule has 0 aliphatic rings. The molecule has 0 atom stereocenters. The molecule has 0 saturated heterocycles. The number of benzene rings is 2. The molecule has 0 fully saturated rings. The number of carbonyl (C=O) groups is 1. The lowest BCUT2D eigenvalue weighted by Gasteiger charge is -2.07. The van der Waals surface area contributed by atoms with E-state index in [2.05, 4.69) is 5.32 Å². The molecular formula is C13H7Cl2FN2O3. The molecule has 1 amide bonds. The summed E-state index contributed by atoms with van der Waals surface area (Å²) < 4.78 is 13.7. The largest absolute Gasteiger partial charge is 0.319 e. The van der Waals surface area contributed by atoms with Crippen LogP contribution in [0, 0.1) is 15.9 Å². The highest BCUT2D eigenvalue weighted by atomic mass is 35.5. The molecular weight excluding hydrogens is 322 g/mol. The first-order chi connectivity index (χ1) is 9.90. The summed E-state index contributed by atoms with van der Waals surface area (Å²) in [6, 6.07) is 7.62. The Kier molecular flexibility index (Phi) is 4.40. The molecule has 0 bridgehead atoms. The highest BCUT2D eigenvalue weighted by molar-refractivity contribution is 6.33. The minimum atomic E-state index is -0.763. The van der Waals surface area contributed by atoms with Gasteiger partial charge in [-0.05, 0) is 24.3 Å². The fourth-order valence-corrected chi connectivity index (χ4v) is 2.02. The Hall–Kier alpha value is -2.18. The van der Waals surface area contributed by atoms with Crippen molar-refractivity contribution < 1.29 is 14.1 Å². The number of carbonyl (C=O) groups excluding carboxylic acids is 1. The predicted octanol–water partition coefficient (Wildman–Crippen LogP) is 4.29. The van der Waals surface area contributed by atoms with Crippen LogP contribution in [0.25, 0.3) is 0 Å². The second-order valence-corrected chi connectivity index (χ2v) is 4.79. The summed E-state index contributed by atoms with van der Waals surface area (Å²) >= 11 is 11.3. The second kappa shape index (κ2) is 6.07. The molecule has 21 heavy (non-hydrogen) atoms. The maximum atomic E-state index is 13.7. The van der Waals surface area contributed by atoms with E-state index in [1.165, 1.54) is 24.3 Å². The quantitative estimate of drug-likeness (QED) is 0.674. The molecule has 2 aromatic carbocycles. The third-order valence-corrected chi connectivity index (χ3v) is 3.20. The van der Waals surface area contributed by atoms with E-state index >= 15 is 0 Å². The van der Waals surface area contributed by atoms with Gasteiger partial charge in [0.05, 0.1) is 15.6 Å². The minimum absolute atomic E-state index is 0.0602. The van der Waals surface area contributed by atoms with E-state index in [9.17, 15) is 19.3 Å². The average molecular weight is 329 g/mol. The van der Waals surface area contributed by atoms with E-state index in [4.69, 9.17) is 23.2 Å². The number of nitrogens with one attached hydrogen (secondary N) is 1. The Balaban J connectivity index is 2.27. The summed E-state index contributed by atoms with van der Waals surface area (Å²) in [5.74, 6) is -1.42. The van der Waals surface area contributed by atoms with Crippen molar-refractivity contribution in [2.45, 2.75) is 0 Å². The van der Waals surface area contributed by atoms with Gasteiger partial charge in [0.15, 0.2) is 5.82 Å². The van der Waals surface area contributed by atoms with Crippen molar-refractivity contribution in [1.29, 1.82) is 0 Å². The standard InChI is InChI=1S/C13H7Cl2FN2O3/c14-8-2-1-3-10(12(8)16)17-13(19)7-4-5-11(18(20)21)9(15)6-7/h1-6H,(H,17,19). The van der Waals surface area contributed by atoms with Crippen molar-refractivity contribution in [2.24, 2.45) is 0 Å². The van der Waals surface area contributed by atoms with Crippen LogP contribution in [-0.4, -0.2) is 10.8 Å². The minimum Gasteiger partial charge on any atom is -0.319 e. The van der Waals surface area contributed by atoms with Crippen LogP contribution in [0.2, 0.25) is 10.0 Å². The Morgan fingerprint density at radius 1 is 1.19 bits per heavy atom. The van der Waals surface area contributed by atoms with Crippen molar-refractivity contribution in [3.8, 4) is 0 Å². The molecule has 0 unspecified atom stereocenters. The lowest BCUT2D eigenvalue weighted by molar-refractivity contribution is -0.384. The maximum Gasteiger partial charge on any atom is 0.287 e. The molecule has 1 N–H and O–H groups in total. The van der Waals surface area contributed by atoms with E-state index in [0.29, 0.717) is 0 Å². The summed E-state index contributed by atoms with van der Waals surface area (Å²) in [7, 11) is 0. The number of nitrogens with zero attached hydrogens (tertiary/aromatic N) is 1. The third-order valence-electron chi connectivity index (χ3n) is 2.61. The van der Waals surface area contributed by atoms with Crippen LogP contribution >= 0.6 is 23.2 Å². The molecule has 0 spiro atoms. The van der Waals surface area contributed by atoms with Gasteiger partial charge in [-0.2, -0.15) is 0 Å². The van der Waals surface area contributed by atoms with E-state index in [1.807, 2.05) is 0 Å². The van der Waals surface area contributed by atoms with E-state index in [1.54, 1.807) is 0 Å². The number of anilines is 1. The van der Waals surface area contributed by atoms with Gasteiger partial charge in [-0.25, -0.2) is 4.39 Å². The van der Waals surface area contributed by atoms with Crippen LogP contribution in [0.15, 0.2) is 36.4 Å². The van der Waals surface area contributed by atoms with Crippen LogP contribution in [-0.2, 0) is 0 Å². The molecule has 8 heteroatoms. The van der Waals surface area contributed by atoms with Gasteiger partial charge in [-0.15, -0.1) is 0 Å². The summed E-state index contributed by atoms with van der Waals surface area (Å²) in [5.41, 5.74) is -0.353. The van der Waals surface area contributed by atoms with Gasteiger partial charge < -0.3 is 5.32 Å². The number of hydrogen-bond acceptors (Lipinski definition) is 3. The van der Waals surface area contributed by atoms with Crippen molar-refractivity contribution in [3.05, 3.63) is 67.9 Å². The lowest BCUT2D eigenvalue weighted by Crippen LogP contribution is -2.13. The van der Waals surface area contributed by atoms with E-state index in [-0.39, 0.29) is 27.0 Å². The molecule has 0 aliphatic carbocycles. The smallest absolute Gasteiger partial charge is 0.287 e. The van der Waals surface area contributed by atoms with Gasteiger partial charge in [0, 0.05) is 11.6 Å². The Morgan fingerprint density at radius 3 is 2.52 bits per heavy atom. The van der Waals surface area contributed by atoms with Gasteiger partial charge >= 0.3 is 0 Å². The highest BCUT2D eigenvalue weighted by Gasteiger charge is 2.16. The van der Waals surface area contributed by atoms with Crippen LogP contribution in [0.3, 0.4) is 0 Å². The number of rotatable bonds is 3. The molecule has 0 aromatic heterocycles. The van der Waals surface area contributed by atoms with Crippen molar-refractivity contribution in [2.75, 3.05) is 5.32 Å². The Labute approximate surface area is 128 Å². The first-order valence-electron chi connectivity index (χ1n) is 5.59. The predicted molar refractivity (Wildman–Crippen MR) is 77.5 cm³/mol. The number of nitro benzene ring substituents is 1. The topological polar surface area (TPSA) is 72.2 Å². The zero-order valence-electron chi connectivity index (χ0n) is 10.3. The zero-order chi connectivity index (χ0) is 15.6. The third kappa shape index (κ3) is 3.29. The molecule has 0 saturated carbocycles. The molecule has 5 nitrogen and oxygen atoms in total. The van der Waals surface area contributed by atoms with Crippen LogP contribution in [0.1, 0.15) is 10.4 Å². The van der Waals surface area contributed by atoms with Crippen molar-refractivity contribution in [3.63, 3.8) is 0 Å². The Bertz CT molecular complexity index is 737. The summed E-state index contributed by atoms with van der Waals surface area (Å²) in [5, 5.41) is 12.6. The van der Waals surface area contributed by atoms with Gasteiger partial charge in [-0.1, -0.05) is 29.3 Å². The SMILES string of the molecule is O=C(Nc1cccc(Cl)c1F)c1ccc([N+](=O)[O-])c(Cl)c1. The first kappa shape index (κ1) is 15.2. The molecule has 0 radical (unpaired) electrons. The van der Waals surface area contributed by atoms with E-state index in [0.717, 1.165) is 12.1 Å². The number of halogens is 3. The summed E-state index contributed by atoms with van der Waals surface area (Å²) in [4.78, 5) is 21.9. The highest BCUT2D eigenvalue weighted by Crippen LogP contribution is 2.26. The molecule has 2 rings (SSSR count). The van der Waals surface area contributed by atoms with Crippen LogP contribution in [0.5, 0.6) is 0 Å². The maximum absolute atomic E-state index is 13.7. The Morgan fingerprint density at radius 2 is 1.90 bits per heavy atom. The lowest BCUT2D eigenvalue weighted by atomic mass is 10.2. The van der Waals surface area contributed by atoms with Crippen molar-refractivity contribution >= 4 is 40.5 Å². The summed E-state index contributed by atoms with van der Waals surface area (Å²) in [6.45, 7) is 0. The van der Waals surface area contributed by atoms with Crippen LogP contribution in [0.4, 0.5) is 15.8 Å². The first-order valence-corrected chi connectivity index (χ1v) is 6.35. The fourth-order valence-electron chi connectivity index (χ4n) is 1.59. The number of nitro groups is 1. The van der Waals surface area contributed by atoms with Gasteiger partial charge in [0.1, 0.15) is 5.02 Å². The molecule has 2 aromatic rings. The van der Waals surface area contributed by atoms with Crippen molar-refractivity contribution in [1.82, 2.24) is 0 Å².